The largest absolute Gasteiger partial charge is 0.320 e. The minimum atomic E-state index is -0.269. The van der Waals surface area contributed by atoms with Crippen LogP contribution in [-0.2, 0) is 0 Å². The minimum absolute atomic E-state index is 0.269. The van der Waals surface area contributed by atoms with Gasteiger partial charge in [0, 0.05) is 23.6 Å². The van der Waals surface area contributed by atoms with Gasteiger partial charge in [-0.3, -0.25) is 9.89 Å². The molecule has 100 valence electrons. The lowest BCUT2D eigenvalue weighted by atomic mass is 10.2. The average molecular weight is 288 g/mol. The van der Waals surface area contributed by atoms with Gasteiger partial charge in [0.2, 0.25) is 0 Å². The number of halogens is 1. The second-order valence-electron chi connectivity index (χ2n) is 4.05. The van der Waals surface area contributed by atoms with Crippen LogP contribution in [0, 0.1) is 0 Å². The van der Waals surface area contributed by atoms with E-state index in [2.05, 4.69) is 20.6 Å². The van der Waals surface area contributed by atoms with Crippen molar-refractivity contribution >= 4 is 23.2 Å². The van der Waals surface area contributed by atoms with E-state index in [9.17, 15) is 4.79 Å². The molecule has 2 heterocycles. The maximum Gasteiger partial charge on any atom is 0.258 e. The Kier molecular flexibility index (Phi) is 3.22. The number of H-pyrrole nitrogens is 1. The highest BCUT2D eigenvalue weighted by atomic mass is 35.5. The number of nitrogens with zero attached hydrogens (tertiary/aromatic N) is 3. The summed E-state index contributed by atoms with van der Waals surface area (Å²) < 4.78 is 1.65. The molecule has 3 aromatic rings. The van der Waals surface area contributed by atoms with Gasteiger partial charge in [0.05, 0.1) is 23.1 Å². The zero-order valence-electron chi connectivity index (χ0n) is 10.2. The molecule has 7 heteroatoms. The number of rotatable bonds is 3. The Hall–Kier alpha value is -2.60. The average Bonchev–Trinajstić information content (AvgIpc) is 3.12. The monoisotopic (exact) mass is 287 g/mol. The molecule has 6 nitrogen and oxygen atoms in total. The normalized spacial score (nSPS) is 10.4. The molecule has 0 saturated heterocycles. The number of amides is 1. The molecule has 2 N–H and O–H groups in total. The van der Waals surface area contributed by atoms with E-state index in [0.29, 0.717) is 16.3 Å². The molecule has 0 atom stereocenters. The smallest absolute Gasteiger partial charge is 0.258 e. The third kappa shape index (κ3) is 2.41. The van der Waals surface area contributed by atoms with Crippen molar-refractivity contribution in [2.75, 3.05) is 5.32 Å². The summed E-state index contributed by atoms with van der Waals surface area (Å²) in [7, 11) is 0. The maximum atomic E-state index is 12.1. The summed E-state index contributed by atoms with van der Waals surface area (Å²) in [4.78, 5) is 12.1. The Labute approximate surface area is 119 Å². The van der Waals surface area contributed by atoms with Gasteiger partial charge in [0.1, 0.15) is 0 Å². The number of hydrogen-bond donors (Lipinski definition) is 2. The van der Waals surface area contributed by atoms with Crippen LogP contribution >= 0.6 is 11.6 Å². The van der Waals surface area contributed by atoms with Crippen LogP contribution < -0.4 is 5.32 Å². The van der Waals surface area contributed by atoms with Crippen LogP contribution in [0.5, 0.6) is 0 Å². The van der Waals surface area contributed by atoms with Crippen LogP contribution in [0.1, 0.15) is 10.4 Å². The first-order valence-corrected chi connectivity index (χ1v) is 6.21. The van der Waals surface area contributed by atoms with Crippen LogP contribution in [0.3, 0.4) is 0 Å². The van der Waals surface area contributed by atoms with E-state index in [4.69, 9.17) is 11.6 Å². The molecule has 0 aliphatic rings. The first-order valence-electron chi connectivity index (χ1n) is 5.84. The van der Waals surface area contributed by atoms with Gasteiger partial charge in [-0.15, -0.1) is 0 Å². The Balaban J connectivity index is 1.96. The zero-order valence-corrected chi connectivity index (χ0v) is 11.0. The van der Waals surface area contributed by atoms with E-state index in [-0.39, 0.29) is 5.91 Å². The molecule has 1 amide bonds. The van der Waals surface area contributed by atoms with E-state index in [1.807, 2.05) is 0 Å². The van der Waals surface area contributed by atoms with Crippen molar-refractivity contribution in [2.45, 2.75) is 0 Å². The van der Waals surface area contributed by atoms with Crippen LogP contribution in [0.25, 0.3) is 5.69 Å². The third-order valence-electron chi connectivity index (χ3n) is 2.72. The van der Waals surface area contributed by atoms with Gasteiger partial charge >= 0.3 is 0 Å². The maximum absolute atomic E-state index is 12.1. The SMILES string of the molecule is O=C(Nc1cc(Cl)ccc1-n1cccn1)c1cn[nH]c1. The van der Waals surface area contributed by atoms with Crippen molar-refractivity contribution in [3.8, 4) is 5.69 Å². The Bertz CT molecular complexity index is 721. The van der Waals surface area contributed by atoms with Crippen LogP contribution in [0.2, 0.25) is 5.02 Å². The number of aromatic amines is 1. The van der Waals surface area contributed by atoms with E-state index < -0.39 is 0 Å². The lowest BCUT2D eigenvalue weighted by Crippen LogP contribution is -2.13. The molecule has 0 spiro atoms. The van der Waals surface area contributed by atoms with E-state index >= 15 is 0 Å². The Morgan fingerprint density at radius 2 is 2.30 bits per heavy atom. The number of hydrogen-bond acceptors (Lipinski definition) is 3. The summed E-state index contributed by atoms with van der Waals surface area (Å²) in [5, 5.41) is 13.8. The van der Waals surface area contributed by atoms with Gasteiger partial charge in [0.15, 0.2) is 0 Å². The van der Waals surface area contributed by atoms with Crippen molar-refractivity contribution in [1.29, 1.82) is 0 Å². The highest BCUT2D eigenvalue weighted by molar-refractivity contribution is 6.31. The Morgan fingerprint density at radius 1 is 1.40 bits per heavy atom. The lowest BCUT2D eigenvalue weighted by Gasteiger charge is -2.11. The first-order chi connectivity index (χ1) is 9.74. The molecular weight excluding hydrogens is 278 g/mol. The standard InChI is InChI=1S/C13H10ClN5O/c14-10-2-3-12(19-5-1-4-17-19)11(6-10)18-13(20)9-7-15-16-8-9/h1-8H,(H,15,16)(H,18,20). The highest BCUT2D eigenvalue weighted by Gasteiger charge is 2.12. The fraction of sp³-hybridized carbons (Fsp3) is 0. The molecule has 1 aromatic carbocycles. The summed E-state index contributed by atoms with van der Waals surface area (Å²) in [5.74, 6) is -0.269. The van der Waals surface area contributed by atoms with Gasteiger partial charge in [-0.1, -0.05) is 11.6 Å². The number of nitrogens with one attached hydrogen (secondary N) is 2. The molecule has 0 bridgehead atoms. The van der Waals surface area contributed by atoms with Crippen molar-refractivity contribution < 1.29 is 4.79 Å². The van der Waals surface area contributed by atoms with Gasteiger partial charge in [-0.25, -0.2) is 4.68 Å². The molecule has 0 radical (unpaired) electrons. The fourth-order valence-electron chi connectivity index (χ4n) is 1.79. The molecule has 3 rings (SSSR count). The van der Waals surface area contributed by atoms with Crippen LogP contribution in [0.15, 0.2) is 49.1 Å². The second kappa shape index (κ2) is 5.18. The summed E-state index contributed by atoms with van der Waals surface area (Å²) in [6, 6.07) is 7.01. The van der Waals surface area contributed by atoms with Crippen molar-refractivity contribution in [3.05, 3.63) is 59.6 Å². The molecule has 2 aromatic heterocycles. The second-order valence-corrected chi connectivity index (χ2v) is 4.49. The Morgan fingerprint density at radius 3 is 3.00 bits per heavy atom. The molecule has 0 unspecified atom stereocenters. The van der Waals surface area contributed by atoms with E-state index in [1.54, 1.807) is 41.3 Å². The van der Waals surface area contributed by atoms with Gasteiger partial charge in [-0.2, -0.15) is 10.2 Å². The van der Waals surface area contributed by atoms with Gasteiger partial charge < -0.3 is 5.32 Å². The summed E-state index contributed by atoms with van der Waals surface area (Å²) in [5.41, 5.74) is 1.75. The molecule has 0 aliphatic carbocycles. The predicted molar refractivity (Wildman–Crippen MR) is 75.1 cm³/mol. The molecule has 20 heavy (non-hydrogen) atoms. The molecule has 0 aliphatic heterocycles. The summed E-state index contributed by atoms with van der Waals surface area (Å²) in [6.07, 6.45) is 6.42. The zero-order chi connectivity index (χ0) is 13.9. The summed E-state index contributed by atoms with van der Waals surface area (Å²) >= 11 is 5.99. The van der Waals surface area contributed by atoms with E-state index in [0.717, 1.165) is 5.69 Å². The summed E-state index contributed by atoms with van der Waals surface area (Å²) in [6.45, 7) is 0. The third-order valence-corrected chi connectivity index (χ3v) is 2.95. The van der Waals surface area contributed by atoms with Crippen LogP contribution in [-0.4, -0.2) is 25.9 Å². The fourth-order valence-corrected chi connectivity index (χ4v) is 1.96. The van der Waals surface area contributed by atoms with Crippen molar-refractivity contribution in [3.63, 3.8) is 0 Å². The van der Waals surface area contributed by atoms with Gasteiger partial charge in [-0.05, 0) is 24.3 Å². The topological polar surface area (TPSA) is 75.6 Å². The van der Waals surface area contributed by atoms with Crippen molar-refractivity contribution in [1.82, 2.24) is 20.0 Å². The number of aromatic nitrogens is 4. The minimum Gasteiger partial charge on any atom is -0.320 e. The molecule has 0 fully saturated rings. The lowest BCUT2D eigenvalue weighted by molar-refractivity contribution is 0.102. The van der Waals surface area contributed by atoms with E-state index in [1.165, 1.54) is 12.4 Å². The quantitative estimate of drug-likeness (QED) is 0.777. The molecule has 0 saturated carbocycles. The number of benzene rings is 1. The number of anilines is 1. The van der Waals surface area contributed by atoms with Crippen molar-refractivity contribution in [2.24, 2.45) is 0 Å². The number of carbonyl (C=O) groups excluding carboxylic acids is 1. The number of carbonyl (C=O) groups is 1. The first kappa shape index (κ1) is 12.4. The highest BCUT2D eigenvalue weighted by Crippen LogP contribution is 2.24. The van der Waals surface area contributed by atoms with Crippen LogP contribution in [0.4, 0.5) is 5.69 Å². The van der Waals surface area contributed by atoms with Gasteiger partial charge in [0.25, 0.3) is 5.91 Å². The molecular formula is C13H10ClN5O. The predicted octanol–water partition coefficient (Wildman–Crippen LogP) is 2.50.